The van der Waals surface area contributed by atoms with E-state index in [1.807, 2.05) is 6.26 Å². The minimum atomic E-state index is -0.745. The van der Waals surface area contributed by atoms with Gasteiger partial charge in [0.25, 0.3) is 0 Å². The van der Waals surface area contributed by atoms with Gasteiger partial charge in [-0.25, -0.2) is 0 Å². The van der Waals surface area contributed by atoms with Crippen LogP contribution in [0, 0.1) is 0 Å². The molecule has 0 atom stereocenters. The zero-order chi connectivity index (χ0) is 7.61. The summed E-state index contributed by atoms with van der Waals surface area (Å²) in [5, 5.41) is 0. The molecule has 1 rings (SSSR count). The van der Waals surface area contributed by atoms with E-state index in [2.05, 4.69) is 26.8 Å². The van der Waals surface area contributed by atoms with Crippen molar-refractivity contribution in [2.45, 2.75) is 24.2 Å². The fraction of sp³-hybridized carbons (Fsp3) is 0.500. The molecule has 0 unspecified atom stereocenters. The molecule has 0 N–H and O–H groups in total. The predicted molar refractivity (Wildman–Crippen MR) is 46.6 cm³/mol. The summed E-state index contributed by atoms with van der Waals surface area (Å²) in [6.45, 7) is 6.95. The Hall–Kier alpha value is 0.0787. The van der Waals surface area contributed by atoms with E-state index in [0.29, 0.717) is 3.43 Å². The summed E-state index contributed by atoms with van der Waals surface area (Å²) in [6, 6.07) is 2.11. The summed E-state index contributed by atoms with van der Waals surface area (Å²) in [6.07, 6.45) is 3.68. The van der Waals surface area contributed by atoms with Crippen LogP contribution in [0.4, 0.5) is 0 Å². The summed E-state index contributed by atoms with van der Waals surface area (Å²) >= 11 is -0.745. The van der Waals surface area contributed by atoms with E-state index in [-0.39, 0.29) is 0 Å². The summed E-state index contributed by atoms with van der Waals surface area (Å²) in [7, 11) is 0. The van der Waals surface area contributed by atoms with Crippen molar-refractivity contribution in [1.29, 1.82) is 0 Å². The molecule has 0 spiro atoms. The van der Waals surface area contributed by atoms with Crippen LogP contribution in [0.2, 0.25) is 3.43 Å². The van der Waals surface area contributed by atoms with Gasteiger partial charge in [0, 0.05) is 0 Å². The van der Waals surface area contributed by atoms with Gasteiger partial charge in [-0.1, -0.05) is 0 Å². The third-order valence-corrected chi connectivity index (χ3v) is 6.66. The third-order valence-electron chi connectivity index (χ3n) is 1.31. The molecule has 0 saturated heterocycles. The summed E-state index contributed by atoms with van der Waals surface area (Å²) in [5.41, 5.74) is 0. The van der Waals surface area contributed by atoms with Crippen molar-refractivity contribution in [3.63, 3.8) is 0 Å². The van der Waals surface area contributed by atoms with Gasteiger partial charge in [-0.05, 0) is 0 Å². The van der Waals surface area contributed by atoms with Gasteiger partial charge in [-0.3, -0.25) is 0 Å². The van der Waals surface area contributed by atoms with Gasteiger partial charge in [0.15, 0.2) is 0 Å². The van der Waals surface area contributed by atoms with Gasteiger partial charge < -0.3 is 0 Å². The average molecular weight is 245 g/mol. The topological polar surface area (TPSA) is 13.1 Å². The van der Waals surface area contributed by atoms with E-state index in [0.717, 1.165) is 0 Å². The molecule has 0 radical (unpaired) electrons. The van der Waals surface area contributed by atoms with Gasteiger partial charge in [0.05, 0.1) is 0 Å². The molecule has 1 aromatic rings. The Morgan fingerprint density at radius 3 is 2.50 bits per heavy atom. The molecule has 0 aliphatic heterocycles. The van der Waals surface area contributed by atoms with Crippen molar-refractivity contribution in [3.8, 4) is 0 Å². The van der Waals surface area contributed by atoms with Crippen LogP contribution in [0.1, 0.15) is 20.8 Å². The van der Waals surface area contributed by atoms with E-state index < -0.39 is 21.1 Å². The predicted octanol–water partition coefficient (Wildman–Crippen LogP) is 1.29. The van der Waals surface area contributed by atoms with Gasteiger partial charge in [-0.2, -0.15) is 0 Å². The van der Waals surface area contributed by atoms with Crippen molar-refractivity contribution in [2.24, 2.45) is 0 Å². The molecule has 56 valence electrons. The number of hydrogen-bond donors (Lipinski definition) is 0. The molecular formula is C8H14OSn. The fourth-order valence-electron chi connectivity index (χ4n) is 1.01. The van der Waals surface area contributed by atoms with E-state index >= 15 is 0 Å². The van der Waals surface area contributed by atoms with Gasteiger partial charge in [-0.15, -0.1) is 0 Å². The zero-order valence-corrected chi connectivity index (χ0v) is 10.9. The fourth-order valence-corrected chi connectivity index (χ4v) is 5.62. The van der Waals surface area contributed by atoms with Crippen molar-refractivity contribution in [2.75, 3.05) is 0 Å². The first-order valence-corrected chi connectivity index (χ1v) is 7.63. The molecule has 0 bridgehead atoms. The van der Waals surface area contributed by atoms with Crippen LogP contribution < -0.4 is 3.58 Å². The van der Waals surface area contributed by atoms with Crippen molar-refractivity contribution < 1.29 is 4.42 Å². The van der Waals surface area contributed by atoms with Gasteiger partial charge >= 0.3 is 71.9 Å². The van der Waals surface area contributed by atoms with Crippen LogP contribution in [0.15, 0.2) is 23.0 Å². The van der Waals surface area contributed by atoms with Crippen molar-refractivity contribution in [3.05, 3.63) is 18.6 Å². The summed E-state index contributed by atoms with van der Waals surface area (Å²) in [4.78, 5) is 0. The average Bonchev–Trinajstić information content (AvgIpc) is 2.12. The van der Waals surface area contributed by atoms with E-state index in [9.17, 15) is 0 Å². The van der Waals surface area contributed by atoms with E-state index in [1.54, 1.807) is 6.26 Å². The molecule has 1 aromatic heterocycles. The van der Waals surface area contributed by atoms with E-state index in [4.69, 9.17) is 4.42 Å². The SMILES string of the molecule is C[C](C)(C)[SnH2][c]1ccoc1. The molecule has 0 fully saturated rings. The first kappa shape index (κ1) is 8.18. The van der Waals surface area contributed by atoms with E-state index in [1.165, 1.54) is 3.58 Å². The Morgan fingerprint density at radius 2 is 2.10 bits per heavy atom. The number of furan rings is 1. The third kappa shape index (κ3) is 2.77. The molecule has 0 aliphatic carbocycles. The molecular weight excluding hydrogens is 231 g/mol. The molecule has 0 aromatic carbocycles. The molecule has 10 heavy (non-hydrogen) atoms. The molecule has 0 amide bonds. The molecule has 0 saturated carbocycles. The second-order valence-electron chi connectivity index (χ2n) is 3.87. The Morgan fingerprint density at radius 1 is 1.40 bits per heavy atom. The first-order valence-electron chi connectivity index (χ1n) is 3.59. The Balaban J connectivity index is 2.57. The van der Waals surface area contributed by atoms with Crippen LogP contribution in [-0.4, -0.2) is 21.1 Å². The molecule has 1 heterocycles. The van der Waals surface area contributed by atoms with Crippen LogP contribution in [0.3, 0.4) is 0 Å². The summed E-state index contributed by atoms with van der Waals surface area (Å²) in [5.74, 6) is 0. The van der Waals surface area contributed by atoms with Crippen molar-refractivity contribution >= 4 is 24.7 Å². The maximum atomic E-state index is 5.01. The van der Waals surface area contributed by atoms with Crippen LogP contribution in [-0.2, 0) is 0 Å². The number of hydrogen-bond acceptors (Lipinski definition) is 1. The quantitative estimate of drug-likeness (QED) is 0.679. The minimum absolute atomic E-state index is 0.575. The number of rotatable bonds is 1. The van der Waals surface area contributed by atoms with Gasteiger partial charge in [0.2, 0.25) is 0 Å². The molecule has 0 aliphatic rings. The van der Waals surface area contributed by atoms with Crippen molar-refractivity contribution in [1.82, 2.24) is 0 Å². The zero-order valence-electron chi connectivity index (χ0n) is 6.85. The second-order valence-corrected chi connectivity index (χ2v) is 13.3. The monoisotopic (exact) mass is 246 g/mol. The maximum absolute atomic E-state index is 5.01. The summed E-state index contributed by atoms with van der Waals surface area (Å²) < 4.78 is 7.08. The van der Waals surface area contributed by atoms with Crippen LogP contribution >= 0.6 is 0 Å². The Labute approximate surface area is 72.0 Å². The first-order chi connectivity index (χ1) is 4.58. The normalized spacial score (nSPS) is 13.1. The molecule has 2 heteroatoms. The molecule has 1 nitrogen and oxygen atoms in total. The Bertz CT molecular complexity index is 184. The standard InChI is InChI=1S/C4H3O.C4H9.Sn.2H/c1-2-4-5-3-1;1-4(2)3;;;/h1,3-4H;1-3H3;;;. The van der Waals surface area contributed by atoms with Crippen LogP contribution in [0.25, 0.3) is 0 Å². The van der Waals surface area contributed by atoms with Gasteiger partial charge in [0.1, 0.15) is 0 Å². The van der Waals surface area contributed by atoms with Crippen LogP contribution in [0.5, 0.6) is 0 Å². The Kier molecular flexibility index (Phi) is 2.44. The second kappa shape index (κ2) is 2.99.